The number of nitriles is 1. The van der Waals surface area contributed by atoms with Gasteiger partial charge in [0.1, 0.15) is 11.9 Å². The van der Waals surface area contributed by atoms with E-state index in [0.717, 1.165) is 0 Å². The smallest absolute Gasteiger partial charge is 0.144 e. The van der Waals surface area contributed by atoms with Gasteiger partial charge in [0.05, 0.1) is 11.6 Å². The van der Waals surface area contributed by atoms with E-state index in [1.165, 1.54) is 5.56 Å². The van der Waals surface area contributed by atoms with E-state index in [4.69, 9.17) is 5.26 Å². The molecule has 0 aliphatic heterocycles. The number of hydrogen-bond acceptors (Lipinski definition) is 3. The van der Waals surface area contributed by atoms with Crippen LogP contribution in [0, 0.1) is 17.2 Å². The maximum Gasteiger partial charge on any atom is 0.144 e. The molecular formula is C16H17N3. The first kappa shape index (κ1) is 13.1. The lowest BCUT2D eigenvalue weighted by Gasteiger charge is -2.23. The number of nitrogens with one attached hydrogen (secondary N) is 1. The fraction of sp³-hybridized carbons (Fsp3) is 0.250. The van der Waals surface area contributed by atoms with Crippen molar-refractivity contribution < 1.29 is 0 Å². The van der Waals surface area contributed by atoms with Crippen LogP contribution in [0.4, 0.5) is 5.82 Å². The molecule has 3 heteroatoms. The zero-order chi connectivity index (χ0) is 13.7. The Morgan fingerprint density at radius 3 is 2.47 bits per heavy atom. The van der Waals surface area contributed by atoms with Gasteiger partial charge in [-0.25, -0.2) is 4.98 Å². The third-order valence-electron chi connectivity index (χ3n) is 3.05. The summed E-state index contributed by atoms with van der Waals surface area (Å²) in [4.78, 5) is 4.26. The van der Waals surface area contributed by atoms with Gasteiger partial charge >= 0.3 is 0 Å². The lowest BCUT2D eigenvalue weighted by Crippen LogP contribution is -2.18. The van der Waals surface area contributed by atoms with Gasteiger partial charge in [-0.1, -0.05) is 44.2 Å². The maximum atomic E-state index is 9.11. The highest BCUT2D eigenvalue weighted by atomic mass is 15.0. The van der Waals surface area contributed by atoms with Crippen molar-refractivity contribution >= 4 is 5.82 Å². The van der Waals surface area contributed by atoms with Crippen molar-refractivity contribution in [2.24, 2.45) is 5.92 Å². The van der Waals surface area contributed by atoms with Crippen LogP contribution in [0.5, 0.6) is 0 Å². The monoisotopic (exact) mass is 251 g/mol. The number of nitrogens with zero attached hydrogens (tertiary/aromatic N) is 2. The highest BCUT2D eigenvalue weighted by molar-refractivity contribution is 5.52. The van der Waals surface area contributed by atoms with Gasteiger partial charge in [-0.15, -0.1) is 0 Å². The summed E-state index contributed by atoms with van der Waals surface area (Å²) in [6.45, 7) is 4.30. The molecule has 0 aliphatic rings. The van der Waals surface area contributed by atoms with E-state index < -0.39 is 0 Å². The summed E-state index contributed by atoms with van der Waals surface area (Å²) in [6, 6.07) is 16.1. The van der Waals surface area contributed by atoms with Gasteiger partial charge in [0.25, 0.3) is 0 Å². The topological polar surface area (TPSA) is 48.7 Å². The number of pyridine rings is 1. The molecular weight excluding hydrogens is 234 g/mol. The lowest BCUT2D eigenvalue weighted by molar-refractivity contribution is 0.544. The van der Waals surface area contributed by atoms with Crippen LogP contribution >= 0.6 is 0 Å². The molecule has 0 bridgehead atoms. The number of anilines is 1. The minimum Gasteiger partial charge on any atom is -0.362 e. The molecule has 96 valence electrons. The van der Waals surface area contributed by atoms with Gasteiger partial charge < -0.3 is 5.32 Å². The third-order valence-corrected chi connectivity index (χ3v) is 3.05. The Kier molecular flexibility index (Phi) is 4.15. The zero-order valence-electron chi connectivity index (χ0n) is 11.2. The molecule has 1 atom stereocenters. The highest BCUT2D eigenvalue weighted by Crippen LogP contribution is 2.26. The minimum atomic E-state index is 0.142. The summed E-state index contributed by atoms with van der Waals surface area (Å²) in [6.07, 6.45) is 1.70. The first-order chi connectivity index (χ1) is 9.22. The lowest BCUT2D eigenvalue weighted by atomic mass is 9.96. The Hall–Kier alpha value is -2.34. The molecule has 0 aliphatic carbocycles. The summed E-state index contributed by atoms with van der Waals surface area (Å²) < 4.78 is 0. The van der Waals surface area contributed by atoms with Gasteiger partial charge in [0.2, 0.25) is 0 Å². The number of benzene rings is 1. The maximum absolute atomic E-state index is 9.11. The van der Waals surface area contributed by atoms with Crippen molar-refractivity contribution in [1.82, 2.24) is 4.98 Å². The molecule has 0 spiro atoms. The summed E-state index contributed by atoms with van der Waals surface area (Å²) in [5.41, 5.74) is 1.77. The number of hydrogen-bond donors (Lipinski definition) is 1. The molecule has 0 fully saturated rings. The van der Waals surface area contributed by atoms with Gasteiger partial charge in [0, 0.05) is 6.20 Å². The van der Waals surface area contributed by atoms with Crippen LogP contribution in [0.3, 0.4) is 0 Å². The first-order valence-electron chi connectivity index (χ1n) is 6.39. The van der Waals surface area contributed by atoms with E-state index in [-0.39, 0.29) is 6.04 Å². The molecule has 2 rings (SSSR count). The van der Waals surface area contributed by atoms with Crippen molar-refractivity contribution in [3.05, 3.63) is 59.8 Å². The quantitative estimate of drug-likeness (QED) is 0.900. The molecule has 3 nitrogen and oxygen atoms in total. The predicted molar refractivity (Wildman–Crippen MR) is 76.6 cm³/mol. The van der Waals surface area contributed by atoms with Crippen LogP contribution in [-0.2, 0) is 0 Å². The van der Waals surface area contributed by atoms with Gasteiger partial charge in [-0.05, 0) is 23.6 Å². The van der Waals surface area contributed by atoms with Crippen molar-refractivity contribution in [3.8, 4) is 6.07 Å². The molecule has 1 heterocycles. The summed E-state index contributed by atoms with van der Waals surface area (Å²) in [5.74, 6) is 1.04. The Labute approximate surface area is 113 Å². The van der Waals surface area contributed by atoms with Gasteiger partial charge in [0.15, 0.2) is 0 Å². The first-order valence-corrected chi connectivity index (χ1v) is 6.39. The van der Waals surface area contributed by atoms with Crippen LogP contribution in [0.1, 0.15) is 31.0 Å². The molecule has 1 unspecified atom stereocenters. The molecule has 0 radical (unpaired) electrons. The molecule has 2 aromatic rings. The van der Waals surface area contributed by atoms with E-state index in [2.05, 4.69) is 42.4 Å². The van der Waals surface area contributed by atoms with E-state index in [1.54, 1.807) is 18.3 Å². The van der Waals surface area contributed by atoms with Crippen LogP contribution in [0.2, 0.25) is 0 Å². The molecule has 19 heavy (non-hydrogen) atoms. The van der Waals surface area contributed by atoms with Gasteiger partial charge in [-0.2, -0.15) is 5.26 Å². The standard InChI is InChI=1S/C16H17N3/c1-12(2)15(13-7-4-3-5-8-13)19-16-14(11-17)9-6-10-18-16/h3-10,12,15H,1-2H3,(H,18,19). The third kappa shape index (κ3) is 3.11. The fourth-order valence-electron chi connectivity index (χ4n) is 2.05. The molecule has 1 N–H and O–H groups in total. The predicted octanol–water partition coefficient (Wildman–Crippen LogP) is 3.76. The number of rotatable bonds is 4. The summed E-state index contributed by atoms with van der Waals surface area (Å²) >= 11 is 0. The van der Waals surface area contributed by atoms with Crippen molar-refractivity contribution in [1.29, 1.82) is 5.26 Å². The van der Waals surface area contributed by atoms with E-state index in [9.17, 15) is 0 Å². The molecule has 1 aromatic heterocycles. The Bertz CT molecular complexity index is 570. The number of aromatic nitrogens is 1. The van der Waals surface area contributed by atoms with Gasteiger partial charge in [-0.3, -0.25) is 0 Å². The Morgan fingerprint density at radius 2 is 1.84 bits per heavy atom. The second-order valence-corrected chi connectivity index (χ2v) is 4.79. The van der Waals surface area contributed by atoms with Crippen molar-refractivity contribution in [2.45, 2.75) is 19.9 Å². The van der Waals surface area contributed by atoms with Crippen LogP contribution in [0.15, 0.2) is 48.7 Å². The average molecular weight is 251 g/mol. The second kappa shape index (κ2) is 6.01. The van der Waals surface area contributed by atoms with Crippen LogP contribution in [0.25, 0.3) is 0 Å². The SMILES string of the molecule is CC(C)C(Nc1ncccc1C#N)c1ccccc1. The van der Waals surface area contributed by atoms with Crippen molar-refractivity contribution in [2.75, 3.05) is 5.32 Å². The van der Waals surface area contributed by atoms with Crippen molar-refractivity contribution in [3.63, 3.8) is 0 Å². The average Bonchev–Trinajstić information content (AvgIpc) is 2.45. The fourth-order valence-corrected chi connectivity index (χ4v) is 2.05. The normalized spacial score (nSPS) is 11.9. The molecule has 0 saturated heterocycles. The molecule has 0 saturated carbocycles. The summed E-state index contributed by atoms with van der Waals surface area (Å²) in [5, 5.41) is 12.5. The zero-order valence-corrected chi connectivity index (χ0v) is 11.2. The van der Waals surface area contributed by atoms with Crippen LogP contribution in [-0.4, -0.2) is 4.98 Å². The minimum absolute atomic E-state index is 0.142. The summed E-state index contributed by atoms with van der Waals surface area (Å²) in [7, 11) is 0. The van der Waals surface area contributed by atoms with E-state index in [1.807, 2.05) is 18.2 Å². The molecule has 0 amide bonds. The highest BCUT2D eigenvalue weighted by Gasteiger charge is 2.17. The molecule has 1 aromatic carbocycles. The second-order valence-electron chi connectivity index (χ2n) is 4.79. The van der Waals surface area contributed by atoms with Crippen LogP contribution < -0.4 is 5.32 Å². The van der Waals surface area contributed by atoms with E-state index in [0.29, 0.717) is 17.3 Å². The Morgan fingerprint density at radius 1 is 1.11 bits per heavy atom. The largest absolute Gasteiger partial charge is 0.362 e. The van der Waals surface area contributed by atoms with E-state index >= 15 is 0 Å². The Balaban J connectivity index is 2.30.